The zero-order chi connectivity index (χ0) is 19.0. The van der Waals surface area contributed by atoms with Gasteiger partial charge in [0, 0.05) is 12.6 Å². The van der Waals surface area contributed by atoms with Crippen LogP contribution in [0, 0.1) is 30.3 Å². The summed E-state index contributed by atoms with van der Waals surface area (Å²) in [5.74, 6) is -5.07. The summed E-state index contributed by atoms with van der Waals surface area (Å²) < 4.78 is 55.9. The van der Waals surface area contributed by atoms with E-state index in [0.717, 1.165) is 21.7 Å². The number of amides is 1. The molecule has 0 saturated heterocycles. The number of aromatic nitrogens is 2. The Labute approximate surface area is 146 Å². The molecule has 0 unspecified atom stereocenters. The van der Waals surface area contributed by atoms with Crippen molar-refractivity contribution in [3.63, 3.8) is 0 Å². The molecule has 0 N–H and O–H groups in total. The van der Waals surface area contributed by atoms with Crippen molar-refractivity contribution in [2.45, 2.75) is 6.92 Å². The van der Waals surface area contributed by atoms with Crippen LogP contribution in [0.4, 0.5) is 28.9 Å². The summed E-state index contributed by atoms with van der Waals surface area (Å²) in [4.78, 5) is 12.7. The van der Waals surface area contributed by atoms with Crippen molar-refractivity contribution in [3.05, 3.63) is 65.5 Å². The number of para-hydroxylation sites is 1. The van der Waals surface area contributed by atoms with Crippen LogP contribution in [0.1, 0.15) is 5.69 Å². The molecule has 0 atom stereocenters. The standard InChI is InChI=1S/C18H13F4N3O/c1-10-17(18(22)24(2)23-10)25(9-26)15-6-4-3-5-12(15)11-7-13(19)16(21)14(20)8-11/h3-9H,1-2H3. The molecule has 8 heteroatoms. The number of halogens is 4. The molecule has 0 fully saturated rings. The maximum Gasteiger partial charge on any atom is 0.235 e. The Kier molecular flexibility index (Phi) is 4.50. The van der Waals surface area contributed by atoms with Crippen LogP contribution < -0.4 is 4.90 Å². The van der Waals surface area contributed by atoms with Gasteiger partial charge in [-0.3, -0.25) is 9.69 Å². The van der Waals surface area contributed by atoms with Crippen LogP contribution in [0.3, 0.4) is 0 Å². The van der Waals surface area contributed by atoms with E-state index in [-0.39, 0.29) is 28.2 Å². The highest BCUT2D eigenvalue weighted by Gasteiger charge is 2.24. The summed E-state index contributed by atoms with van der Waals surface area (Å²) in [5.41, 5.74) is 0.565. The Morgan fingerprint density at radius 1 is 1.08 bits per heavy atom. The highest BCUT2D eigenvalue weighted by atomic mass is 19.2. The molecule has 26 heavy (non-hydrogen) atoms. The first-order chi connectivity index (χ1) is 12.3. The minimum Gasteiger partial charge on any atom is -0.278 e. The van der Waals surface area contributed by atoms with E-state index in [2.05, 4.69) is 5.10 Å². The molecule has 0 aliphatic rings. The summed E-state index contributed by atoms with van der Waals surface area (Å²) in [7, 11) is 1.38. The second-order valence-electron chi connectivity index (χ2n) is 5.59. The number of rotatable bonds is 4. The normalized spacial score (nSPS) is 10.8. The van der Waals surface area contributed by atoms with Gasteiger partial charge in [0.1, 0.15) is 5.69 Å². The fraction of sp³-hybridized carbons (Fsp3) is 0.111. The molecule has 3 aromatic rings. The minimum absolute atomic E-state index is 0.00537. The first kappa shape index (κ1) is 17.7. The first-order valence-corrected chi connectivity index (χ1v) is 7.52. The summed E-state index contributed by atoms with van der Waals surface area (Å²) in [6.45, 7) is 1.52. The molecule has 1 heterocycles. The largest absolute Gasteiger partial charge is 0.278 e. The van der Waals surface area contributed by atoms with Crippen molar-refractivity contribution >= 4 is 17.8 Å². The van der Waals surface area contributed by atoms with Gasteiger partial charge >= 0.3 is 0 Å². The Morgan fingerprint density at radius 2 is 1.69 bits per heavy atom. The molecule has 0 spiro atoms. The third-order valence-corrected chi connectivity index (χ3v) is 3.93. The third-order valence-electron chi connectivity index (χ3n) is 3.93. The third kappa shape index (κ3) is 2.83. The number of aryl methyl sites for hydroxylation is 2. The topological polar surface area (TPSA) is 38.1 Å². The van der Waals surface area contributed by atoms with Gasteiger partial charge in [0.05, 0.1) is 11.4 Å². The van der Waals surface area contributed by atoms with Crippen LogP contribution in [0.5, 0.6) is 0 Å². The maximum absolute atomic E-state index is 14.4. The van der Waals surface area contributed by atoms with Gasteiger partial charge in [-0.05, 0) is 30.7 Å². The van der Waals surface area contributed by atoms with E-state index in [1.807, 2.05) is 0 Å². The number of hydrogen-bond donors (Lipinski definition) is 0. The van der Waals surface area contributed by atoms with E-state index in [0.29, 0.717) is 6.41 Å². The van der Waals surface area contributed by atoms with Gasteiger partial charge in [-0.25, -0.2) is 17.9 Å². The van der Waals surface area contributed by atoms with E-state index >= 15 is 0 Å². The zero-order valence-corrected chi connectivity index (χ0v) is 13.8. The number of nitrogens with zero attached hydrogens (tertiary/aromatic N) is 3. The number of hydrogen-bond acceptors (Lipinski definition) is 2. The molecule has 4 nitrogen and oxygen atoms in total. The summed E-state index contributed by atoms with van der Waals surface area (Å²) in [6.07, 6.45) is 0.377. The molecule has 0 saturated carbocycles. The van der Waals surface area contributed by atoms with Crippen molar-refractivity contribution < 1.29 is 22.4 Å². The van der Waals surface area contributed by atoms with Crippen molar-refractivity contribution in [2.24, 2.45) is 7.05 Å². The SMILES string of the molecule is Cc1nn(C)c(F)c1N(C=O)c1ccccc1-c1cc(F)c(F)c(F)c1. The van der Waals surface area contributed by atoms with E-state index in [9.17, 15) is 22.4 Å². The predicted molar refractivity (Wildman–Crippen MR) is 87.9 cm³/mol. The van der Waals surface area contributed by atoms with Gasteiger partial charge < -0.3 is 0 Å². The average molecular weight is 363 g/mol. The highest BCUT2D eigenvalue weighted by Crippen LogP contribution is 2.37. The van der Waals surface area contributed by atoms with Crippen LogP contribution in [0.15, 0.2) is 36.4 Å². The lowest BCUT2D eigenvalue weighted by Gasteiger charge is -2.20. The van der Waals surface area contributed by atoms with Gasteiger partial charge in [-0.1, -0.05) is 18.2 Å². The first-order valence-electron chi connectivity index (χ1n) is 7.52. The smallest absolute Gasteiger partial charge is 0.235 e. The van der Waals surface area contributed by atoms with Crippen molar-refractivity contribution in [1.82, 2.24) is 9.78 Å². The Bertz CT molecular complexity index is 977. The molecular weight excluding hydrogens is 350 g/mol. The van der Waals surface area contributed by atoms with Gasteiger partial charge in [0.15, 0.2) is 17.5 Å². The lowest BCUT2D eigenvalue weighted by atomic mass is 10.0. The number of benzene rings is 2. The average Bonchev–Trinajstić information content (AvgIpc) is 2.87. The van der Waals surface area contributed by atoms with Crippen molar-refractivity contribution in [1.29, 1.82) is 0 Å². The van der Waals surface area contributed by atoms with E-state index in [4.69, 9.17) is 0 Å². The Hall–Kier alpha value is -3.16. The van der Waals surface area contributed by atoms with Crippen molar-refractivity contribution in [3.8, 4) is 11.1 Å². The fourth-order valence-corrected chi connectivity index (χ4v) is 2.76. The molecular formula is C18H13F4N3O. The molecule has 2 aromatic carbocycles. The molecule has 3 rings (SSSR count). The Balaban J connectivity index is 2.22. The molecule has 134 valence electrons. The van der Waals surface area contributed by atoms with Gasteiger partial charge in [-0.2, -0.15) is 9.49 Å². The molecule has 1 aromatic heterocycles. The van der Waals surface area contributed by atoms with Crippen LogP contribution in [0.25, 0.3) is 11.1 Å². The number of carbonyl (C=O) groups is 1. The summed E-state index contributed by atoms with van der Waals surface area (Å²) >= 11 is 0. The molecule has 0 aliphatic carbocycles. The summed E-state index contributed by atoms with van der Waals surface area (Å²) in [6, 6.07) is 7.75. The van der Waals surface area contributed by atoms with Crippen LogP contribution in [0.2, 0.25) is 0 Å². The van der Waals surface area contributed by atoms with E-state index < -0.39 is 23.4 Å². The lowest BCUT2D eigenvalue weighted by molar-refractivity contribution is -0.106. The second-order valence-corrected chi connectivity index (χ2v) is 5.59. The molecule has 0 bridgehead atoms. The molecule has 1 amide bonds. The molecule has 0 aliphatic heterocycles. The minimum atomic E-state index is -1.59. The predicted octanol–water partition coefficient (Wildman–Crippen LogP) is 4.25. The van der Waals surface area contributed by atoms with Gasteiger partial charge in [0.2, 0.25) is 12.4 Å². The van der Waals surface area contributed by atoms with Crippen LogP contribution >= 0.6 is 0 Å². The quantitative estimate of drug-likeness (QED) is 0.395. The second kappa shape index (κ2) is 6.62. The highest BCUT2D eigenvalue weighted by molar-refractivity contribution is 5.94. The van der Waals surface area contributed by atoms with Crippen LogP contribution in [-0.2, 0) is 11.8 Å². The molecule has 0 radical (unpaired) electrons. The van der Waals surface area contributed by atoms with Gasteiger partial charge in [0.25, 0.3) is 0 Å². The zero-order valence-electron chi connectivity index (χ0n) is 13.8. The van der Waals surface area contributed by atoms with Gasteiger partial charge in [-0.15, -0.1) is 0 Å². The monoisotopic (exact) mass is 363 g/mol. The number of anilines is 2. The maximum atomic E-state index is 14.4. The Morgan fingerprint density at radius 3 is 2.23 bits per heavy atom. The fourth-order valence-electron chi connectivity index (χ4n) is 2.76. The van der Waals surface area contributed by atoms with Crippen LogP contribution in [-0.4, -0.2) is 16.2 Å². The summed E-state index contributed by atoms with van der Waals surface area (Å²) in [5, 5.41) is 3.92. The van der Waals surface area contributed by atoms with Crippen molar-refractivity contribution in [2.75, 3.05) is 4.90 Å². The van der Waals surface area contributed by atoms with E-state index in [1.165, 1.54) is 26.1 Å². The number of carbonyl (C=O) groups excluding carboxylic acids is 1. The lowest BCUT2D eigenvalue weighted by Crippen LogP contribution is -2.17. The van der Waals surface area contributed by atoms with E-state index in [1.54, 1.807) is 12.1 Å².